The fourth-order valence-corrected chi connectivity index (χ4v) is 3.47. The average Bonchev–Trinajstić information content (AvgIpc) is 2.41. The number of fused-ring (bicyclic) bond motifs is 1. The zero-order valence-electron chi connectivity index (χ0n) is 6.80. The highest BCUT2D eigenvalue weighted by Crippen LogP contribution is 2.69. The Hall–Kier alpha value is -0.120. The Morgan fingerprint density at radius 2 is 2.45 bits per heavy atom. The van der Waals surface area contributed by atoms with Crippen molar-refractivity contribution in [1.82, 2.24) is 10.7 Å². The van der Waals surface area contributed by atoms with E-state index in [0.717, 1.165) is 11.8 Å². The molecule has 3 heteroatoms. The lowest BCUT2D eigenvalue weighted by Gasteiger charge is -2.17. The van der Waals surface area contributed by atoms with E-state index in [1.807, 2.05) is 0 Å². The summed E-state index contributed by atoms with van der Waals surface area (Å²) in [4.78, 5) is 0. The summed E-state index contributed by atoms with van der Waals surface area (Å²) in [6, 6.07) is 1.22. The van der Waals surface area contributed by atoms with Gasteiger partial charge in [-0.15, -0.1) is 0 Å². The zero-order chi connectivity index (χ0) is 7.64. The molecular formula is C8H15N3. The number of nitrogens with one attached hydrogen (secondary N) is 2. The highest BCUT2D eigenvalue weighted by molar-refractivity contribution is 5.25. The topological polar surface area (TPSA) is 50.1 Å². The van der Waals surface area contributed by atoms with Crippen LogP contribution in [0.2, 0.25) is 0 Å². The summed E-state index contributed by atoms with van der Waals surface area (Å²) >= 11 is 0. The van der Waals surface area contributed by atoms with Crippen molar-refractivity contribution in [3.05, 3.63) is 0 Å². The Bertz CT molecular complexity index is 206. The number of hydrazine groups is 1. The fraction of sp³-hybridized carbons (Fsp3) is 1.00. The van der Waals surface area contributed by atoms with Gasteiger partial charge in [-0.1, -0.05) is 6.92 Å². The smallest absolute Gasteiger partial charge is 0.0369 e. The van der Waals surface area contributed by atoms with Crippen LogP contribution in [0.1, 0.15) is 13.3 Å². The van der Waals surface area contributed by atoms with Crippen molar-refractivity contribution in [2.75, 3.05) is 6.54 Å². The second-order valence-electron chi connectivity index (χ2n) is 4.55. The van der Waals surface area contributed by atoms with Crippen molar-refractivity contribution in [2.24, 2.45) is 23.1 Å². The summed E-state index contributed by atoms with van der Waals surface area (Å²) in [5.74, 6) is 7.36. The Balaban J connectivity index is 1.88. The van der Waals surface area contributed by atoms with Crippen molar-refractivity contribution in [1.29, 1.82) is 0 Å². The molecule has 0 radical (unpaired) electrons. The molecule has 62 valence electrons. The van der Waals surface area contributed by atoms with E-state index in [9.17, 15) is 0 Å². The zero-order valence-corrected chi connectivity index (χ0v) is 6.80. The first kappa shape index (κ1) is 6.40. The molecule has 1 aliphatic heterocycles. The van der Waals surface area contributed by atoms with Crippen LogP contribution in [0.4, 0.5) is 0 Å². The van der Waals surface area contributed by atoms with Gasteiger partial charge in [0.2, 0.25) is 0 Å². The SMILES string of the molecule is CC12CNC3C(NN)CC1C32. The van der Waals surface area contributed by atoms with E-state index >= 15 is 0 Å². The minimum atomic E-state index is 0.542. The van der Waals surface area contributed by atoms with E-state index in [2.05, 4.69) is 17.7 Å². The molecule has 2 aliphatic carbocycles. The molecule has 0 spiro atoms. The van der Waals surface area contributed by atoms with Crippen molar-refractivity contribution >= 4 is 0 Å². The molecule has 0 bridgehead atoms. The molecule has 5 unspecified atom stereocenters. The van der Waals surface area contributed by atoms with Crippen LogP contribution >= 0.6 is 0 Å². The van der Waals surface area contributed by atoms with Crippen LogP contribution < -0.4 is 16.6 Å². The minimum absolute atomic E-state index is 0.542. The second-order valence-corrected chi connectivity index (χ2v) is 4.55. The summed E-state index contributed by atoms with van der Waals surface area (Å²) < 4.78 is 0. The third-order valence-electron chi connectivity index (χ3n) is 4.19. The van der Waals surface area contributed by atoms with Gasteiger partial charge in [0.05, 0.1) is 0 Å². The van der Waals surface area contributed by atoms with Gasteiger partial charge in [0, 0.05) is 18.6 Å². The molecule has 0 aromatic rings. The van der Waals surface area contributed by atoms with Crippen molar-refractivity contribution in [3.8, 4) is 0 Å². The molecule has 4 N–H and O–H groups in total. The number of hydrogen-bond donors (Lipinski definition) is 3. The fourth-order valence-electron chi connectivity index (χ4n) is 3.47. The summed E-state index contributed by atoms with van der Waals surface area (Å²) in [6.07, 6.45) is 1.29. The van der Waals surface area contributed by atoms with E-state index < -0.39 is 0 Å². The van der Waals surface area contributed by atoms with Gasteiger partial charge in [-0.2, -0.15) is 0 Å². The van der Waals surface area contributed by atoms with E-state index in [4.69, 9.17) is 5.84 Å². The monoisotopic (exact) mass is 153 g/mol. The standard InChI is InChI=1S/C8H15N3/c1-8-3-10-7-5(11-9)2-4(8)6(7)8/h4-7,10-11H,2-3,9H2,1H3. The van der Waals surface area contributed by atoms with Gasteiger partial charge < -0.3 is 5.32 Å². The van der Waals surface area contributed by atoms with Gasteiger partial charge in [-0.05, 0) is 23.7 Å². The highest BCUT2D eigenvalue weighted by Gasteiger charge is 2.72. The van der Waals surface area contributed by atoms with Crippen molar-refractivity contribution < 1.29 is 0 Å². The maximum atomic E-state index is 5.45. The number of rotatable bonds is 1. The Labute approximate surface area is 66.7 Å². The van der Waals surface area contributed by atoms with Crippen LogP contribution in [0.25, 0.3) is 0 Å². The molecular weight excluding hydrogens is 138 g/mol. The molecule has 3 aliphatic rings. The first-order chi connectivity index (χ1) is 5.27. The molecule has 1 saturated heterocycles. The number of hydrogen-bond acceptors (Lipinski definition) is 3. The van der Waals surface area contributed by atoms with Crippen molar-refractivity contribution in [3.63, 3.8) is 0 Å². The normalized spacial score (nSPS) is 64.9. The lowest BCUT2D eigenvalue weighted by atomic mass is 9.98. The van der Waals surface area contributed by atoms with Gasteiger partial charge in [0.15, 0.2) is 0 Å². The first-order valence-electron chi connectivity index (χ1n) is 4.47. The molecule has 5 atom stereocenters. The number of piperidine rings is 1. The predicted octanol–water partition coefficient (Wildman–Crippen LogP) is -0.554. The van der Waals surface area contributed by atoms with Gasteiger partial charge in [-0.3, -0.25) is 11.3 Å². The van der Waals surface area contributed by atoms with Crippen LogP contribution in [0.3, 0.4) is 0 Å². The summed E-state index contributed by atoms with van der Waals surface area (Å²) in [5.41, 5.74) is 3.56. The maximum Gasteiger partial charge on any atom is 0.0369 e. The summed E-state index contributed by atoms with van der Waals surface area (Å²) in [7, 11) is 0. The van der Waals surface area contributed by atoms with Crippen LogP contribution in [0, 0.1) is 17.3 Å². The summed E-state index contributed by atoms with van der Waals surface area (Å²) in [6.45, 7) is 3.62. The lowest BCUT2D eigenvalue weighted by molar-refractivity contribution is 0.405. The lowest BCUT2D eigenvalue weighted by Crippen LogP contribution is -2.46. The Morgan fingerprint density at radius 3 is 3.09 bits per heavy atom. The van der Waals surface area contributed by atoms with Crippen molar-refractivity contribution in [2.45, 2.75) is 25.4 Å². The van der Waals surface area contributed by atoms with Crippen LogP contribution in [-0.2, 0) is 0 Å². The van der Waals surface area contributed by atoms with Crippen LogP contribution in [0.5, 0.6) is 0 Å². The molecule has 3 nitrogen and oxygen atoms in total. The highest BCUT2D eigenvalue weighted by atomic mass is 15.3. The Morgan fingerprint density at radius 1 is 1.64 bits per heavy atom. The van der Waals surface area contributed by atoms with E-state index in [-0.39, 0.29) is 0 Å². The van der Waals surface area contributed by atoms with Gasteiger partial charge in [0.25, 0.3) is 0 Å². The number of nitrogens with two attached hydrogens (primary N) is 1. The molecule has 0 amide bonds. The molecule has 11 heavy (non-hydrogen) atoms. The third-order valence-corrected chi connectivity index (χ3v) is 4.19. The minimum Gasteiger partial charge on any atom is -0.311 e. The molecule has 1 heterocycles. The molecule has 0 aromatic carbocycles. The third kappa shape index (κ3) is 0.534. The Kier molecular flexibility index (Phi) is 0.947. The molecule has 3 fully saturated rings. The molecule has 0 aromatic heterocycles. The quantitative estimate of drug-likeness (QED) is 0.350. The first-order valence-corrected chi connectivity index (χ1v) is 4.47. The summed E-state index contributed by atoms with van der Waals surface area (Å²) in [5, 5.41) is 3.55. The van der Waals surface area contributed by atoms with E-state index in [0.29, 0.717) is 17.5 Å². The van der Waals surface area contributed by atoms with Gasteiger partial charge in [-0.25, -0.2) is 0 Å². The molecule has 3 rings (SSSR count). The average molecular weight is 153 g/mol. The van der Waals surface area contributed by atoms with Crippen LogP contribution in [-0.4, -0.2) is 18.6 Å². The van der Waals surface area contributed by atoms with Gasteiger partial charge >= 0.3 is 0 Å². The largest absolute Gasteiger partial charge is 0.311 e. The molecule has 2 saturated carbocycles. The van der Waals surface area contributed by atoms with E-state index in [1.165, 1.54) is 13.0 Å². The predicted molar refractivity (Wildman–Crippen MR) is 42.6 cm³/mol. The van der Waals surface area contributed by atoms with Gasteiger partial charge in [0.1, 0.15) is 0 Å². The van der Waals surface area contributed by atoms with Crippen LogP contribution in [0.15, 0.2) is 0 Å². The second kappa shape index (κ2) is 1.63. The van der Waals surface area contributed by atoms with E-state index in [1.54, 1.807) is 0 Å². The maximum absolute atomic E-state index is 5.45.